The Bertz CT molecular complexity index is 1070. The van der Waals surface area contributed by atoms with Gasteiger partial charge in [0, 0.05) is 36.9 Å². The van der Waals surface area contributed by atoms with Gasteiger partial charge in [0.05, 0.1) is 0 Å². The molecule has 3 aromatic rings. The first-order valence-corrected chi connectivity index (χ1v) is 11.0. The zero-order valence-corrected chi connectivity index (χ0v) is 17.8. The molecule has 1 saturated carbocycles. The summed E-state index contributed by atoms with van der Waals surface area (Å²) < 4.78 is 49.6. The zero-order chi connectivity index (χ0) is 21.8. The Kier molecular flexibility index (Phi) is 4.91. The summed E-state index contributed by atoms with van der Waals surface area (Å²) in [5.74, 6) is 2.07. The number of halogens is 3. The van der Waals surface area contributed by atoms with Crippen molar-refractivity contribution in [2.75, 3.05) is 23.3 Å². The molecule has 4 heterocycles. The summed E-state index contributed by atoms with van der Waals surface area (Å²) in [5, 5.41) is 8.81. The van der Waals surface area contributed by atoms with Crippen LogP contribution in [-0.4, -0.2) is 55.4 Å². The summed E-state index contributed by atoms with van der Waals surface area (Å²) in [7, 11) is 0. The molecule has 166 valence electrons. The Hall–Kier alpha value is -2.63. The number of aromatic nitrogens is 5. The molecule has 31 heavy (non-hydrogen) atoms. The van der Waals surface area contributed by atoms with Crippen LogP contribution < -0.4 is 15.0 Å². The molecular weight excluding hydrogens is 431 g/mol. The van der Waals surface area contributed by atoms with Crippen LogP contribution in [0, 0.1) is 18.8 Å². The van der Waals surface area contributed by atoms with Crippen molar-refractivity contribution in [3.63, 3.8) is 0 Å². The number of rotatable bonds is 5. The number of hydrogen-bond acceptors (Lipinski definition) is 8. The van der Waals surface area contributed by atoms with Crippen molar-refractivity contribution in [1.29, 1.82) is 0 Å². The highest BCUT2D eigenvalue weighted by molar-refractivity contribution is 7.09. The van der Waals surface area contributed by atoms with Gasteiger partial charge in [-0.3, -0.25) is 0 Å². The molecule has 2 fully saturated rings. The van der Waals surface area contributed by atoms with Gasteiger partial charge in [-0.25, -0.2) is 9.50 Å². The number of piperidine rings is 1. The van der Waals surface area contributed by atoms with Gasteiger partial charge in [-0.15, -0.1) is 5.10 Å². The molecule has 0 radical (unpaired) electrons. The first kappa shape index (κ1) is 20.3. The lowest BCUT2D eigenvalue weighted by molar-refractivity contribution is -0.189. The number of hydrogen-bond donors (Lipinski definition) is 1. The van der Waals surface area contributed by atoms with Crippen molar-refractivity contribution in [3.05, 3.63) is 24.2 Å². The smallest absolute Gasteiger partial charge is 0.425 e. The van der Waals surface area contributed by atoms with Crippen molar-refractivity contribution < 1.29 is 17.9 Å². The number of aryl methyl sites for hydroxylation is 1. The molecule has 1 aliphatic carbocycles. The fraction of sp³-hybridized carbons (Fsp3) is 0.579. The van der Waals surface area contributed by atoms with Gasteiger partial charge < -0.3 is 15.0 Å². The molecule has 3 aromatic heterocycles. The molecule has 2 bridgehead atoms. The van der Waals surface area contributed by atoms with Crippen LogP contribution in [0.5, 0.6) is 5.75 Å². The Morgan fingerprint density at radius 2 is 1.97 bits per heavy atom. The van der Waals surface area contributed by atoms with Gasteiger partial charge in [-0.2, -0.15) is 22.5 Å². The molecule has 1 N–H and O–H groups in total. The van der Waals surface area contributed by atoms with Crippen LogP contribution in [0.2, 0.25) is 0 Å². The zero-order valence-electron chi connectivity index (χ0n) is 17.0. The molecular formula is C19H22F3N7OS. The third-order valence-corrected chi connectivity index (χ3v) is 6.88. The lowest BCUT2D eigenvalue weighted by atomic mass is 9.92. The van der Waals surface area contributed by atoms with E-state index in [1.165, 1.54) is 22.1 Å². The van der Waals surface area contributed by atoms with Crippen molar-refractivity contribution in [2.24, 2.45) is 11.8 Å². The Morgan fingerprint density at radius 1 is 1.23 bits per heavy atom. The second-order valence-electron chi connectivity index (χ2n) is 8.17. The maximum atomic E-state index is 12.9. The largest absolute Gasteiger partial charge is 0.477 e. The summed E-state index contributed by atoms with van der Waals surface area (Å²) in [6, 6.07) is 3.28. The topological polar surface area (TPSA) is 80.5 Å². The number of fused-ring (bicyclic) bond motifs is 3. The van der Waals surface area contributed by atoms with Crippen molar-refractivity contribution >= 4 is 28.3 Å². The van der Waals surface area contributed by atoms with Crippen LogP contribution in [0.1, 0.15) is 25.6 Å². The molecule has 1 unspecified atom stereocenters. The van der Waals surface area contributed by atoms with Crippen LogP contribution in [0.25, 0.3) is 5.65 Å². The predicted molar refractivity (Wildman–Crippen MR) is 110 cm³/mol. The maximum Gasteiger partial charge on any atom is 0.425 e. The Morgan fingerprint density at radius 3 is 2.61 bits per heavy atom. The molecule has 0 spiro atoms. The lowest BCUT2D eigenvalue weighted by Crippen LogP contribution is -2.48. The number of ether oxygens (including phenoxy) is 1. The van der Waals surface area contributed by atoms with Gasteiger partial charge in [-0.05, 0) is 50.7 Å². The van der Waals surface area contributed by atoms with E-state index in [1.807, 2.05) is 6.92 Å². The van der Waals surface area contributed by atoms with Crippen LogP contribution in [0.15, 0.2) is 18.3 Å². The van der Waals surface area contributed by atoms with E-state index in [9.17, 15) is 13.2 Å². The third-order valence-electron chi connectivity index (χ3n) is 6.01. The molecule has 1 aliphatic heterocycles. The number of pyridine rings is 1. The summed E-state index contributed by atoms with van der Waals surface area (Å²) in [5.41, 5.74) is 0.259. The van der Waals surface area contributed by atoms with E-state index in [1.54, 1.807) is 12.3 Å². The van der Waals surface area contributed by atoms with E-state index in [0.717, 1.165) is 43.8 Å². The highest BCUT2D eigenvalue weighted by atomic mass is 32.1. The van der Waals surface area contributed by atoms with Crippen LogP contribution >= 0.6 is 11.5 Å². The molecule has 0 amide bonds. The molecule has 12 heteroatoms. The quantitative estimate of drug-likeness (QED) is 0.633. The highest BCUT2D eigenvalue weighted by Crippen LogP contribution is 2.40. The first-order valence-electron chi connectivity index (χ1n) is 10.2. The predicted octanol–water partition coefficient (Wildman–Crippen LogP) is 3.55. The third kappa shape index (κ3) is 3.88. The van der Waals surface area contributed by atoms with Crippen molar-refractivity contribution in [1.82, 2.24) is 24.0 Å². The van der Waals surface area contributed by atoms with Crippen LogP contribution in [-0.2, 0) is 0 Å². The molecule has 2 aliphatic rings. The summed E-state index contributed by atoms with van der Waals surface area (Å²) in [6.45, 7) is 4.64. The minimum Gasteiger partial charge on any atom is -0.477 e. The van der Waals surface area contributed by atoms with Gasteiger partial charge in [0.1, 0.15) is 5.82 Å². The molecule has 1 saturated heterocycles. The molecule has 8 nitrogen and oxygen atoms in total. The number of nitrogens with one attached hydrogen (secondary N) is 1. The summed E-state index contributed by atoms with van der Waals surface area (Å²) >= 11 is 1.43. The Balaban J connectivity index is 1.33. The van der Waals surface area contributed by atoms with Crippen LogP contribution in [0.3, 0.4) is 0 Å². The van der Waals surface area contributed by atoms with E-state index >= 15 is 0 Å². The van der Waals surface area contributed by atoms with E-state index in [2.05, 4.69) is 29.7 Å². The molecule has 0 aromatic carbocycles. The maximum absolute atomic E-state index is 12.9. The van der Waals surface area contributed by atoms with E-state index in [0.29, 0.717) is 17.8 Å². The van der Waals surface area contributed by atoms with Gasteiger partial charge in [0.25, 0.3) is 0 Å². The second-order valence-corrected chi connectivity index (χ2v) is 8.90. The monoisotopic (exact) mass is 453 g/mol. The van der Waals surface area contributed by atoms with Gasteiger partial charge in [-0.1, -0.05) is 0 Å². The first-order chi connectivity index (χ1) is 14.8. The number of alkyl halides is 3. The average Bonchev–Trinajstić information content (AvgIpc) is 3.38. The average molecular weight is 453 g/mol. The van der Waals surface area contributed by atoms with E-state index in [-0.39, 0.29) is 17.4 Å². The second kappa shape index (κ2) is 7.50. The van der Waals surface area contributed by atoms with Gasteiger partial charge in [0.2, 0.25) is 11.1 Å². The summed E-state index contributed by atoms with van der Waals surface area (Å²) in [6.07, 6.45) is -2.54. The SMILES string of the molecule is Cc1nsc(N2C[C@H]3CC[C@@H](C2)C3Nc2nc3c(O[C@@H](C)C(F)(F)F)cccn3n2)n1. The normalized spacial score (nSPS) is 24.5. The van der Waals surface area contributed by atoms with Gasteiger partial charge in [0.15, 0.2) is 17.5 Å². The minimum atomic E-state index is -4.45. The van der Waals surface area contributed by atoms with Crippen LogP contribution in [0.4, 0.5) is 24.3 Å². The number of anilines is 2. The summed E-state index contributed by atoms with van der Waals surface area (Å²) in [4.78, 5) is 11.2. The standard InChI is InChI=1S/C19H22F3N7OS/c1-10(19(20,21)22)30-14-4-3-7-29-16(14)25-17(26-29)24-15-12-5-6-13(15)9-28(8-12)18-23-11(2)27-31-18/h3-4,7,10,12-13,15H,5-6,8-9H2,1-2H3,(H,24,26)/t10-,12-,13+,15?/m0/s1. The fourth-order valence-electron chi connectivity index (χ4n) is 4.47. The number of nitrogens with zero attached hydrogens (tertiary/aromatic N) is 6. The van der Waals surface area contributed by atoms with E-state index < -0.39 is 12.3 Å². The molecule has 5 rings (SSSR count). The van der Waals surface area contributed by atoms with E-state index in [4.69, 9.17) is 4.74 Å². The van der Waals surface area contributed by atoms with Gasteiger partial charge >= 0.3 is 6.18 Å². The Labute approximate surface area is 180 Å². The van der Waals surface area contributed by atoms with Crippen molar-refractivity contribution in [2.45, 2.75) is 45.0 Å². The highest BCUT2D eigenvalue weighted by Gasteiger charge is 2.43. The minimum absolute atomic E-state index is 0.0531. The lowest BCUT2D eigenvalue weighted by Gasteiger charge is -2.37. The molecule has 4 atom stereocenters. The fourth-order valence-corrected chi connectivity index (χ4v) is 5.16. The van der Waals surface area contributed by atoms with Crippen molar-refractivity contribution in [3.8, 4) is 5.75 Å².